The van der Waals surface area contributed by atoms with Crippen LogP contribution in [0.5, 0.6) is 5.75 Å². The number of aromatic nitrogens is 2. The lowest BCUT2D eigenvalue weighted by atomic mass is 10.3. The molecule has 8 heteroatoms. The fourth-order valence-electron chi connectivity index (χ4n) is 1.15. The van der Waals surface area contributed by atoms with Gasteiger partial charge in [0, 0.05) is 6.07 Å². The highest BCUT2D eigenvalue weighted by Gasteiger charge is 2.08. The van der Waals surface area contributed by atoms with Crippen molar-refractivity contribution in [1.82, 2.24) is 9.97 Å². The number of nitrogens with one attached hydrogen (secondary N) is 1. The molecule has 0 amide bonds. The van der Waals surface area contributed by atoms with Crippen LogP contribution in [0.2, 0.25) is 0 Å². The molecule has 0 aliphatic rings. The summed E-state index contributed by atoms with van der Waals surface area (Å²) in [5, 5.41) is 0.411. The molecule has 0 spiro atoms. The first-order valence-electron chi connectivity index (χ1n) is 3.80. The van der Waals surface area contributed by atoms with Gasteiger partial charge in [0.1, 0.15) is 5.75 Å². The normalized spacial score (nSPS) is 11.9. The Hall–Kier alpha value is -1.25. The van der Waals surface area contributed by atoms with Gasteiger partial charge in [0.2, 0.25) is 0 Å². The van der Waals surface area contributed by atoms with Crippen molar-refractivity contribution < 1.29 is 17.2 Å². The largest absolute Gasteiger partial charge is 0.446 e. The molecule has 15 heavy (non-hydrogen) atoms. The molecule has 1 aromatic heterocycles. The zero-order chi connectivity index (χ0) is 11.1. The minimum absolute atomic E-state index is 0.00941. The minimum Gasteiger partial charge on any atom is -0.362 e. The first kappa shape index (κ1) is 10.3. The maximum atomic E-state index is 10.4. The number of rotatable bonds is 2. The van der Waals surface area contributed by atoms with Crippen LogP contribution in [0.25, 0.3) is 11.0 Å². The standard InChI is InChI=1S/C7H6N2O4S2/c10-15(11,12)13-4-1-2-5-6(3-4)9-7(14)8-5/h1-3H,(H2,8,9,14)(H,10,11,12). The molecular formula is C7H6N2O4S2. The Balaban J connectivity index is 2.47. The Morgan fingerprint density at radius 3 is 2.87 bits per heavy atom. The highest BCUT2D eigenvalue weighted by molar-refractivity contribution is 7.81. The van der Waals surface area contributed by atoms with E-state index in [0.717, 1.165) is 0 Å². The zero-order valence-corrected chi connectivity index (χ0v) is 8.92. The van der Waals surface area contributed by atoms with Gasteiger partial charge < -0.3 is 9.17 Å². The predicted molar refractivity (Wildman–Crippen MR) is 55.5 cm³/mol. The van der Waals surface area contributed by atoms with Gasteiger partial charge in [-0.3, -0.25) is 4.55 Å². The molecule has 0 unspecified atom stereocenters. The fraction of sp³-hybridized carbons (Fsp3) is 0. The Kier molecular flexibility index (Phi) is 2.33. The molecule has 0 fully saturated rings. The summed E-state index contributed by atoms with van der Waals surface area (Å²) in [5.41, 5.74) is 1.20. The van der Waals surface area contributed by atoms with E-state index in [1.54, 1.807) is 6.07 Å². The van der Waals surface area contributed by atoms with Gasteiger partial charge in [0.05, 0.1) is 11.0 Å². The number of fused-ring (bicyclic) bond motifs is 1. The Labute approximate surface area is 90.6 Å². The Bertz CT molecular complexity index is 604. The van der Waals surface area contributed by atoms with E-state index in [4.69, 9.17) is 4.55 Å². The van der Waals surface area contributed by atoms with Gasteiger partial charge in [-0.05, 0) is 12.1 Å². The van der Waals surface area contributed by atoms with E-state index in [1.165, 1.54) is 12.1 Å². The van der Waals surface area contributed by atoms with E-state index < -0.39 is 10.4 Å². The molecule has 2 N–H and O–H groups in total. The highest BCUT2D eigenvalue weighted by atomic mass is 32.3. The number of thiol groups is 1. The third-order valence-corrected chi connectivity index (χ3v) is 2.26. The monoisotopic (exact) mass is 246 g/mol. The van der Waals surface area contributed by atoms with Crippen molar-refractivity contribution in [2.45, 2.75) is 5.16 Å². The second kappa shape index (κ2) is 3.40. The average molecular weight is 246 g/mol. The molecule has 80 valence electrons. The van der Waals surface area contributed by atoms with Crippen molar-refractivity contribution in [3.8, 4) is 5.75 Å². The van der Waals surface area contributed by atoms with Crippen LogP contribution < -0.4 is 4.18 Å². The maximum Gasteiger partial charge on any atom is 0.446 e. The summed E-state index contributed by atoms with van der Waals surface area (Å²) in [4.78, 5) is 6.79. The van der Waals surface area contributed by atoms with Gasteiger partial charge in [-0.15, -0.1) is 12.6 Å². The van der Waals surface area contributed by atoms with E-state index in [0.29, 0.717) is 16.2 Å². The van der Waals surface area contributed by atoms with Gasteiger partial charge >= 0.3 is 10.4 Å². The number of hydrogen-bond donors (Lipinski definition) is 3. The molecule has 2 rings (SSSR count). The molecule has 1 aromatic carbocycles. The summed E-state index contributed by atoms with van der Waals surface area (Å²) in [6.45, 7) is 0. The van der Waals surface area contributed by atoms with E-state index >= 15 is 0 Å². The number of nitrogens with zero attached hydrogens (tertiary/aromatic N) is 1. The number of hydrogen-bond acceptors (Lipinski definition) is 5. The van der Waals surface area contributed by atoms with Gasteiger partial charge in [-0.2, -0.15) is 8.42 Å². The minimum atomic E-state index is -4.50. The topological polar surface area (TPSA) is 92.3 Å². The summed E-state index contributed by atoms with van der Waals surface area (Å²) in [5.74, 6) is -0.00941. The van der Waals surface area contributed by atoms with Gasteiger partial charge in [-0.1, -0.05) is 0 Å². The lowest BCUT2D eigenvalue weighted by Gasteiger charge is -1.99. The van der Waals surface area contributed by atoms with Crippen LogP contribution in [0.1, 0.15) is 0 Å². The first-order valence-corrected chi connectivity index (χ1v) is 5.61. The van der Waals surface area contributed by atoms with E-state index in [1.807, 2.05) is 0 Å². The highest BCUT2D eigenvalue weighted by Crippen LogP contribution is 2.20. The van der Waals surface area contributed by atoms with Crippen LogP contribution in [0, 0.1) is 0 Å². The molecule has 0 saturated heterocycles. The number of benzene rings is 1. The SMILES string of the molecule is O=S(=O)(O)Oc1ccc2[nH]c(S)nc2c1. The van der Waals surface area contributed by atoms with Crippen molar-refractivity contribution in [3.63, 3.8) is 0 Å². The summed E-state index contributed by atoms with van der Waals surface area (Å²) in [6, 6.07) is 4.34. The van der Waals surface area contributed by atoms with E-state index in [2.05, 4.69) is 26.8 Å². The molecule has 6 nitrogen and oxygen atoms in total. The molecule has 0 saturated carbocycles. The van der Waals surface area contributed by atoms with Crippen molar-refractivity contribution in [2.24, 2.45) is 0 Å². The fourth-order valence-corrected chi connectivity index (χ4v) is 1.72. The maximum absolute atomic E-state index is 10.4. The van der Waals surface area contributed by atoms with Crippen LogP contribution in [-0.2, 0) is 10.4 Å². The average Bonchev–Trinajstić information content (AvgIpc) is 2.40. The molecule has 2 aromatic rings. The Morgan fingerprint density at radius 1 is 1.47 bits per heavy atom. The molecule has 0 radical (unpaired) electrons. The molecule has 0 bridgehead atoms. The third-order valence-electron chi connectivity index (χ3n) is 1.64. The predicted octanol–water partition coefficient (Wildman–Crippen LogP) is 1.03. The van der Waals surface area contributed by atoms with Crippen LogP contribution in [0.4, 0.5) is 0 Å². The number of aromatic amines is 1. The van der Waals surface area contributed by atoms with Crippen molar-refractivity contribution in [1.29, 1.82) is 0 Å². The second-order valence-electron chi connectivity index (χ2n) is 2.75. The lowest BCUT2D eigenvalue weighted by Crippen LogP contribution is -2.06. The van der Waals surface area contributed by atoms with Gasteiger partial charge in [0.25, 0.3) is 0 Å². The summed E-state index contributed by atoms with van der Waals surface area (Å²) >= 11 is 3.99. The number of H-pyrrole nitrogens is 1. The van der Waals surface area contributed by atoms with Crippen LogP contribution >= 0.6 is 12.6 Å². The summed E-state index contributed by atoms with van der Waals surface area (Å²) in [6.07, 6.45) is 0. The van der Waals surface area contributed by atoms with Crippen LogP contribution in [0.15, 0.2) is 23.4 Å². The van der Waals surface area contributed by atoms with Crippen molar-refractivity contribution in [2.75, 3.05) is 0 Å². The zero-order valence-electron chi connectivity index (χ0n) is 7.21. The molecule has 0 aliphatic carbocycles. The summed E-state index contributed by atoms with van der Waals surface area (Å²) < 4.78 is 33.6. The molecule has 0 atom stereocenters. The quantitative estimate of drug-likeness (QED) is 0.543. The summed E-state index contributed by atoms with van der Waals surface area (Å²) in [7, 11) is -4.50. The van der Waals surface area contributed by atoms with Crippen molar-refractivity contribution >= 4 is 34.1 Å². The smallest absolute Gasteiger partial charge is 0.362 e. The molecule has 1 heterocycles. The van der Waals surface area contributed by atoms with Gasteiger partial charge in [-0.25, -0.2) is 4.98 Å². The van der Waals surface area contributed by atoms with Crippen LogP contribution in [-0.4, -0.2) is 22.9 Å². The first-order chi connectivity index (χ1) is 6.94. The molecule has 0 aliphatic heterocycles. The van der Waals surface area contributed by atoms with E-state index in [-0.39, 0.29) is 5.75 Å². The lowest BCUT2D eigenvalue weighted by molar-refractivity contribution is 0.387. The third kappa shape index (κ3) is 2.41. The van der Waals surface area contributed by atoms with Crippen molar-refractivity contribution in [3.05, 3.63) is 18.2 Å². The Morgan fingerprint density at radius 2 is 2.20 bits per heavy atom. The van der Waals surface area contributed by atoms with Crippen LogP contribution in [0.3, 0.4) is 0 Å². The van der Waals surface area contributed by atoms with E-state index in [9.17, 15) is 8.42 Å². The second-order valence-corrected chi connectivity index (χ2v) is 4.20. The van der Waals surface area contributed by atoms with Gasteiger partial charge in [0.15, 0.2) is 5.16 Å². The number of imidazole rings is 1. The molecular weight excluding hydrogens is 240 g/mol.